The van der Waals surface area contributed by atoms with Gasteiger partial charge in [0.15, 0.2) is 6.10 Å². The minimum Gasteiger partial charge on any atom is -0.452 e. The quantitative estimate of drug-likeness (QED) is 0.833. The van der Waals surface area contributed by atoms with E-state index in [2.05, 4.69) is 5.32 Å². The smallest absolute Gasteiger partial charge is 0.416 e. The number of hydrogen-bond donors (Lipinski definition) is 1. The summed E-state index contributed by atoms with van der Waals surface area (Å²) in [6, 6.07) is 13.0. The minimum absolute atomic E-state index is 0.162. The highest BCUT2D eigenvalue weighted by Gasteiger charge is 2.30. The topological polar surface area (TPSA) is 55.4 Å². The van der Waals surface area contributed by atoms with Gasteiger partial charge < -0.3 is 10.1 Å². The summed E-state index contributed by atoms with van der Waals surface area (Å²) in [6.07, 6.45) is -5.91. The summed E-state index contributed by atoms with van der Waals surface area (Å²) in [4.78, 5) is 23.8. The second-order valence-corrected chi connectivity index (χ2v) is 5.36. The molecule has 0 saturated heterocycles. The van der Waals surface area contributed by atoms with E-state index in [1.165, 1.54) is 19.1 Å². The first-order valence-corrected chi connectivity index (χ1v) is 7.47. The first-order chi connectivity index (χ1) is 11.8. The number of ether oxygens (including phenoxy) is 1. The molecular weight excluding hydrogens is 335 g/mol. The molecule has 0 radical (unpaired) electrons. The lowest BCUT2D eigenvalue weighted by molar-refractivity contribution is -0.152. The highest BCUT2D eigenvalue weighted by Crippen LogP contribution is 2.29. The van der Waals surface area contributed by atoms with Gasteiger partial charge in [-0.25, -0.2) is 0 Å². The van der Waals surface area contributed by atoms with Crippen molar-refractivity contribution >= 4 is 17.6 Å². The van der Waals surface area contributed by atoms with Crippen molar-refractivity contribution in [2.75, 3.05) is 5.32 Å². The molecule has 2 aromatic rings. The molecule has 0 unspecified atom stereocenters. The van der Waals surface area contributed by atoms with E-state index in [1.807, 2.05) is 0 Å². The van der Waals surface area contributed by atoms with Gasteiger partial charge in [-0.05, 0) is 30.7 Å². The maximum atomic E-state index is 12.7. The van der Waals surface area contributed by atoms with Crippen molar-refractivity contribution in [3.05, 3.63) is 65.7 Å². The Bertz CT molecular complexity index is 745. The summed E-state index contributed by atoms with van der Waals surface area (Å²) in [6.45, 7) is 1.39. The number of carbonyl (C=O) groups is 2. The summed E-state index contributed by atoms with van der Waals surface area (Å²) in [7, 11) is 0. The molecule has 0 spiro atoms. The van der Waals surface area contributed by atoms with E-state index in [1.54, 1.807) is 30.3 Å². The molecule has 0 aromatic heterocycles. The summed E-state index contributed by atoms with van der Waals surface area (Å²) < 4.78 is 43.0. The largest absolute Gasteiger partial charge is 0.452 e. The van der Waals surface area contributed by atoms with E-state index in [-0.39, 0.29) is 12.0 Å². The summed E-state index contributed by atoms with van der Waals surface area (Å²) in [5, 5.41) is 2.57. The van der Waals surface area contributed by atoms with Gasteiger partial charge in [0.2, 0.25) is 0 Å². The number of rotatable bonds is 5. The molecule has 0 fully saturated rings. The molecule has 7 heteroatoms. The highest BCUT2D eigenvalue weighted by atomic mass is 19.4. The molecule has 4 nitrogen and oxygen atoms in total. The van der Waals surface area contributed by atoms with Crippen molar-refractivity contribution in [2.24, 2.45) is 0 Å². The number of alkyl halides is 3. The zero-order valence-corrected chi connectivity index (χ0v) is 13.3. The van der Waals surface area contributed by atoms with Gasteiger partial charge in [0, 0.05) is 5.69 Å². The first-order valence-electron chi connectivity index (χ1n) is 7.47. The highest BCUT2D eigenvalue weighted by molar-refractivity contribution is 5.95. The van der Waals surface area contributed by atoms with E-state index in [0.29, 0.717) is 5.69 Å². The van der Waals surface area contributed by atoms with Crippen LogP contribution >= 0.6 is 0 Å². The Morgan fingerprint density at radius 1 is 1.08 bits per heavy atom. The van der Waals surface area contributed by atoms with Crippen molar-refractivity contribution in [3.8, 4) is 0 Å². The second kappa shape index (κ2) is 7.83. The SMILES string of the molecule is C[C@H](OC(=O)Cc1cccc(C(F)(F)F)c1)C(=O)Nc1ccccc1. The van der Waals surface area contributed by atoms with E-state index < -0.39 is 29.7 Å². The number of anilines is 1. The normalized spacial score (nSPS) is 12.3. The maximum Gasteiger partial charge on any atom is 0.416 e. The minimum atomic E-state index is -4.48. The van der Waals surface area contributed by atoms with Crippen LogP contribution in [-0.2, 0) is 26.9 Å². The molecule has 1 amide bonds. The number of amides is 1. The molecular formula is C18H16F3NO3. The van der Waals surface area contributed by atoms with Crippen LogP contribution in [0.25, 0.3) is 0 Å². The number of hydrogen-bond acceptors (Lipinski definition) is 3. The molecule has 0 saturated carbocycles. The van der Waals surface area contributed by atoms with Crippen LogP contribution < -0.4 is 5.32 Å². The molecule has 1 N–H and O–H groups in total. The molecule has 0 heterocycles. The molecule has 25 heavy (non-hydrogen) atoms. The summed E-state index contributed by atoms with van der Waals surface area (Å²) in [5.41, 5.74) is -0.128. The van der Waals surface area contributed by atoms with Crippen LogP contribution in [0.3, 0.4) is 0 Å². The number of esters is 1. The van der Waals surface area contributed by atoms with E-state index >= 15 is 0 Å². The zero-order valence-electron chi connectivity index (χ0n) is 13.3. The Morgan fingerprint density at radius 3 is 2.40 bits per heavy atom. The van der Waals surface area contributed by atoms with Gasteiger partial charge in [-0.2, -0.15) is 13.2 Å². The number of carbonyl (C=O) groups excluding carboxylic acids is 2. The molecule has 132 valence electrons. The van der Waals surface area contributed by atoms with Crippen LogP contribution in [0.2, 0.25) is 0 Å². The number of benzene rings is 2. The predicted octanol–water partition coefficient (Wildman–Crippen LogP) is 3.82. The van der Waals surface area contributed by atoms with Crippen LogP contribution in [0, 0.1) is 0 Å². The van der Waals surface area contributed by atoms with Crippen molar-refractivity contribution < 1.29 is 27.5 Å². The van der Waals surface area contributed by atoms with Crippen LogP contribution in [0.1, 0.15) is 18.1 Å². The van der Waals surface area contributed by atoms with Crippen LogP contribution in [0.4, 0.5) is 18.9 Å². The molecule has 0 aliphatic rings. The molecule has 2 rings (SSSR count). The zero-order chi connectivity index (χ0) is 18.4. The van der Waals surface area contributed by atoms with Gasteiger partial charge >= 0.3 is 12.1 Å². The van der Waals surface area contributed by atoms with Gasteiger partial charge in [-0.1, -0.05) is 36.4 Å². The second-order valence-electron chi connectivity index (χ2n) is 5.36. The Kier molecular flexibility index (Phi) is 5.80. The fraction of sp³-hybridized carbons (Fsp3) is 0.222. The van der Waals surface area contributed by atoms with Gasteiger partial charge in [0.1, 0.15) is 0 Å². The third-order valence-electron chi connectivity index (χ3n) is 3.32. The van der Waals surface area contributed by atoms with Crippen LogP contribution in [-0.4, -0.2) is 18.0 Å². The summed E-state index contributed by atoms with van der Waals surface area (Å²) >= 11 is 0. The van der Waals surface area contributed by atoms with Crippen molar-refractivity contribution in [1.82, 2.24) is 0 Å². The third-order valence-corrected chi connectivity index (χ3v) is 3.32. The number of nitrogens with one attached hydrogen (secondary N) is 1. The maximum absolute atomic E-state index is 12.7. The fourth-order valence-corrected chi connectivity index (χ4v) is 2.08. The lowest BCUT2D eigenvalue weighted by Crippen LogP contribution is -2.30. The van der Waals surface area contributed by atoms with Crippen molar-refractivity contribution in [2.45, 2.75) is 25.6 Å². The standard InChI is InChI=1S/C18H16F3NO3/c1-12(17(24)22-15-8-3-2-4-9-15)25-16(23)11-13-6-5-7-14(10-13)18(19,20)21/h2-10,12H,11H2,1H3,(H,22,24)/t12-/m0/s1. The fourth-order valence-electron chi connectivity index (χ4n) is 2.08. The number of para-hydroxylation sites is 1. The predicted molar refractivity (Wildman–Crippen MR) is 85.8 cm³/mol. The molecule has 0 bridgehead atoms. The Balaban J connectivity index is 1.92. The Hall–Kier alpha value is -2.83. The lowest BCUT2D eigenvalue weighted by atomic mass is 10.1. The lowest BCUT2D eigenvalue weighted by Gasteiger charge is -2.14. The molecule has 0 aliphatic heterocycles. The van der Waals surface area contributed by atoms with Gasteiger partial charge in [0.05, 0.1) is 12.0 Å². The van der Waals surface area contributed by atoms with Crippen LogP contribution in [0.15, 0.2) is 54.6 Å². The number of halogens is 3. The van der Waals surface area contributed by atoms with Crippen molar-refractivity contribution in [1.29, 1.82) is 0 Å². The van der Waals surface area contributed by atoms with Gasteiger partial charge in [0.25, 0.3) is 5.91 Å². The summed E-state index contributed by atoms with van der Waals surface area (Å²) in [5.74, 6) is -1.31. The van der Waals surface area contributed by atoms with E-state index in [4.69, 9.17) is 4.74 Å². The van der Waals surface area contributed by atoms with Crippen molar-refractivity contribution in [3.63, 3.8) is 0 Å². The third kappa shape index (κ3) is 5.63. The first kappa shape index (κ1) is 18.5. The average molecular weight is 351 g/mol. The van der Waals surface area contributed by atoms with E-state index in [0.717, 1.165) is 12.1 Å². The van der Waals surface area contributed by atoms with Gasteiger partial charge in [-0.15, -0.1) is 0 Å². The van der Waals surface area contributed by atoms with E-state index in [9.17, 15) is 22.8 Å². The van der Waals surface area contributed by atoms with Crippen LogP contribution in [0.5, 0.6) is 0 Å². The molecule has 0 aliphatic carbocycles. The van der Waals surface area contributed by atoms with Gasteiger partial charge in [-0.3, -0.25) is 9.59 Å². The average Bonchev–Trinajstić information content (AvgIpc) is 2.55. The Morgan fingerprint density at radius 2 is 1.76 bits per heavy atom. The monoisotopic (exact) mass is 351 g/mol. The molecule has 2 aromatic carbocycles. The molecule has 1 atom stereocenters. The Labute approximate surface area is 142 Å².